The van der Waals surface area contributed by atoms with Gasteiger partial charge in [0.1, 0.15) is 10.7 Å². The fraction of sp³-hybridized carbons (Fsp3) is 0. The van der Waals surface area contributed by atoms with Crippen molar-refractivity contribution in [1.29, 1.82) is 0 Å². The van der Waals surface area contributed by atoms with Gasteiger partial charge in [-0.1, -0.05) is 17.7 Å². The lowest BCUT2D eigenvalue weighted by molar-refractivity contribution is 0.102. The fourth-order valence-corrected chi connectivity index (χ4v) is 3.85. The number of nitrogens with zero attached hydrogens (tertiary/aromatic N) is 1. The summed E-state index contributed by atoms with van der Waals surface area (Å²) in [6.45, 7) is 0. The highest BCUT2D eigenvalue weighted by molar-refractivity contribution is 7.92. The van der Waals surface area contributed by atoms with E-state index in [1.54, 1.807) is 18.2 Å². The first-order valence-electron chi connectivity index (χ1n) is 7.64. The summed E-state index contributed by atoms with van der Waals surface area (Å²) in [4.78, 5) is 15.9. The van der Waals surface area contributed by atoms with E-state index in [0.717, 1.165) is 18.2 Å². The number of halogens is 2. The van der Waals surface area contributed by atoms with Crippen LogP contribution in [0.25, 0.3) is 0 Å². The van der Waals surface area contributed by atoms with E-state index in [1.165, 1.54) is 30.6 Å². The maximum absolute atomic E-state index is 13.1. The van der Waals surface area contributed by atoms with Crippen molar-refractivity contribution < 1.29 is 17.6 Å². The molecule has 0 saturated heterocycles. The van der Waals surface area contributed by atoms with Crippen LogP contribution in [0.2, 0.25) is 5.02 Å². The topological polar surface area (TPSA) is 88.2 Å². The molecule has 0 aliphatic carbocycles. The van der Waals surface area contributed by atoms with Gasteiger partial charge < -0.3 is 5.32 Å². The highest BCUT2D eigenvalue weighted by Crippen LogP contribution is 2.25. The third-order valence-electron chi connectivity index (χ3n) is 3.50. The van der Waals surface area contributed by atoms with Crippen molar-refractivity contribution in [3.63, 3.8) is 0 Å². The number of sulfonamides is 1. The summed E-state index contributed by atoms with van der Waals surface area (Å²) < 4.78 is 40.4. The van der Waals surface area contributed by atoms with Crippen LogP contribution in [0.5, 0.6) is 0 Å². The Hall–Kier alpha value is -2.97. The van der Waals surface area contributed by atoms with E-state index in [4.69, 9.17) is 11.6 Å². The number of rotatable bonds is 5. The quantitative estimate of drug-likeness (QED) is 0.673. The first kappa shape index (κ1) is 18.8. The molecule has 0 aliphatic rings. The van der Waals surface area contributed by atoms with Crippen LogP contribution < -0.4 is 10.0 Å². The molecule has 0 spiro atoms. The molecule has 2 N–H and O–H groups in total. The number of hydrogen-bond acceptors (Lipinski definition) is 4. The van der Waals surface area contributed by atoms with Crippen LogP contribution in [-0.2, 0) is 10.0 Å². The largest absolute Gasteiger partial charge is 0.322 e. The number of benzene rings is 2. The number of carbonyl (C=O) groups excluding carboxylic acids is 1. The number of aromatic nitrogens is 1. The van der Waals surface area contributed by atoms with Crippen molar-refractivity contribution in [2.45, 2.75) is 4.90 Å². The van der Waals surface area contributed by atoms with Gasteiger partial charge in [-0.2, -0.15) is 0 Å². The Morgan fingerprint density at radius 3 is 2.44 bits per heavy atom. The van der Waals surface area contributed by atoms with Gasteiger partial charge in [-0.15, -0.1) is 0 Å². The Kier molecular flexibility index (Phi) is 5.38. The molecule has 0 atom stereocenters. The maximum Gasteiger partial charge on any atom is 0.263 e. The minimum Gasteiger partial charge on any atom is -0.322 e. The average Bonchev–Trinajstić information content (AvgIpc) is 2.62. The molecule has 1 heterocycles. The van der Waals surface area contributed by atoms with Gasteiger partial charge in [0.25, 0.3) is 15.9 Å². The van der Waals surface area contributed by atoms with Gasteiger partial charge in [0.2, 0.25) is 0 Å². The lowest BCUT2D eigenvalue weighted by Gasteiger charge is -2.11. The Balaban J connectivity index is 1.82. The molecule has 3 aromatic rings. The summed E-state index contributed by atoms with van der Waals surface area (Å²) in [6.07, 6.45) is 3.07. The maximum atomic E-state index is 13.1. The van der Waals surface area contributed by atoms with Gasteiger partial charge in [-0.3, -0.25) is 14.5 Å². The van der Waals surface area contributed by atoms with Crippen LogP contribution in [0.1, 0.15) is 10.4 Å². The number of amides is 1. The normalized spacial score (nSPS) is 11.0. The zero-order valence-corrected chi connectivity index (χ0v) is 15.3. The Bertz CT molecular complexity index is 1090. The molecule has 0 bridgehead atoms. The molecule has 138 valence electrons. The molecule has 0 aliphatic heterocycles. The molecule has 1 aromatic heterocycles. The van der Waals surface area contributed by atoms with Crippen LogP contribution >= 0.6 is 11.6 Å². The lowest BCUT2D eigenvalue weighted by atomic mass is 10.2. The second-order valence-electron chi connectivity index (χ2n) is 5.45. The van der Waals surface area contributed by atoms with E-state index in [-0.39, 0.29) is 21.2 Å². The van der Waals surface area contributed by atoms with Crippen LogP contribution in [-0.4, -0.2) is 19.3 Å². The smallest absolute Gasteiger partial charge is 0.263 e. The highest BCUT2D eigenvalue weighted by Gasteiger charge is 2.19. The standard InChI is InChI=1S/C18H13ClFN3O3S/c19-16-11-13(20)4-5-17(16)27(25,26)23-15-3-1-2-12(10-15)18(24)22-14-6-8-21-9-7-14/h1-11,23H,(H,21,22,24). The predicted molar refractivity (Wildman–Crippen MR) is 101 cm³/mol. The molecular weight excluding hydrogens is 393 g/mol. The van der Waals surface area contributed by atoms with E-state index < -0.39 is 21.7 Å². The average molecular weight is 406 g/mol. The van der Waals surface area contributed by atoms with Crippen molar-refractivity contribution in [2.75, 3.05) is 10.0 Å². The van der Waals surface area contributed by atoms with Crippen LogP contribution in [0.3, 0.4) is 0 Å². The zero-order valence-electron chi connectivity index (χ0n) is 13.7. The van der Waals surface area contributed by atoms with Crippen molar-refractivity contribution in [3.05, 3.63) is 83.4 Å². The molecule has 3 rings (SSSR count). The molecule has 0 fully saturated rings. The molecule has 0 saturated carbocycles. The predicted octanol–water partition coefficient (Wildman–Crippen LogP) is 3.93. The Labute approximate surface area is 160 Å². The van der Waals surface area contributed by atoms with E-state index in [1.807, 2.05) is 0 Å². The number of hydrogen-bond donors (Lipinski definition) is 2. The molecular formula is C18H13ClFN3O3S. The molecule has 1 amide bonds. The van der Waals surface area contributed by atoms with E-state index in [9.17, 15) is 17.6 Å². The van der Waals surface area contributed by atoms with Crippen molar-refractivity contribution in [3.8, 4) is 0 Å². The minimum absolute atomic E-state index is 0.165. The summed E-state index contributed by atoms with van der Waals surface area (Å²) >= 11 is 5.82. The van der Waals surface area contributed by atoms with E-state index in [2.05, 4.69) is 15.0 Å². The van der Waals surface area contributed by atoms with Gasteiger partial charge in [0, 0.05) is 29.3 Å². The van der Waals surface area contributed by atoms with E-state index in [0.29, 0.717) is 5.69 Å². The van der Waals surface area contributed by atoms with Gasteiger partial charge in [0.15, 0.2) is 0 Å². The van der Waals surface area contributed by atoms with Crippen molar-refractivity contribution in [2.24, 2.45) is 0 Å². The first-order valence-corrected chi connectivity index (χ1v) is 9.50. The number of nitrogens with one attached hydrogen (secondary N) is 2. The Morgan fingerprint density at radius 1 is 1.00 bits per heavy atom. The highest BCUT2D eigenvalue weighted by atomic mass is 35.5. The van der Waals surface area contributed by atoms with Crippen LogP contribution in [0.15, 0.2) is 71.9 Å². The minimum atomic E-state index is -4.05. The summed E-state index contributed by atoms with van der Waals surface area (Å²) in [5.74, 6) is -1.06. The molecule has 9 heteroatoms. The lowest BCUT2D eigenvalue weighted by Crippen LogP contribution is -2.15. The molecule has 6 nitrogen and oxygen atoms in total. The third-order valence-corrected chi connectivity index (χ3v) is 5.36. The summed E-state index contributed by atoms with van der Waals surface area (Å²) in [7, 11) is -4.05. The van der Waals surface area contributed by atoms with E-state index >= 15 is 0 Å². The number of anilines is 2. The van der Waals surface area contributed by atoms with Crippen molar-refractivity contribution in [1.82, 2.24) is 4.98 Å². The second kappa shape index (κ2) is 7.73. The monoisotopic (exact) mass is 405 g/mol. The van der Waals surface area contributed by atoms with Crippen molar-refractivity contribution >= 4 is 38.9 Å². The third kappa shape index (κ3) is 4.60. The molecule has 2 aromatic carbocycles. The summed E-state index contributed by atoms with van der Waals surface area (Å²) in [5, 5.41) is 2.43. The second-order valence-corrected chi connectivity index (χ2v) is 7.51. The van der Waals surface area contributed by atoms with Gasteiger partial charge in [-0.05, 0) is 48.5 Å². The Morgan fingerprint density at radius 2 is 1.74 bits per heavy atom. The van der Waals surface area contributed by atoms with Gasteiger partial charge in [-0.25, -0.2) is 12.8 Å². The van der Waals surface area contributed by atoms with Crippen LogP contribution in [0.4, 0.5) is 15.8 Å². The summed E-state index contributed by atoms with van der Waals surface area (Å²) in [5.41, 5.74) is 0.967. The first-order chi connectivity index (χ1) is 12.8. The van der Waals surface area contributed by atoms with Gasteiger partial charge >= 0.3 is 0 Å². The SMILES string of the molecule is O=C(Nc1ccncc1)c1cccc(NS(=O)(=O)c2ccc(F)cc2Cl)c1. The number of carbonyl (C=O) groups is 1. The molecule has 0 radical (unpaired) electrons. The molecule has 0 unspecified atom stereocenters. The summed E-state index contributed by atoms with van der Waals surface area (Å²) in [6, 6.07) is 12.2. The number of pyridine rings is 1. The zero-order chi connectivity index (χ0) is 19.4. The molecule has 27 heavy (non-hydrogen) atoms. The fourth-order valence-electron chi connectivity index (χ4n) is 2.27. The van der Waals surface area contributed by atoms with Crippen LogP contribution in [0, 0.1) is 5.82 Å². The van der Waals surface area contributed by atoms with Gasteiger partial charge in [0.05, 0.1) is 5.02 Å².